The van der Waals surface area contributed by atoms with Crippen LogP contribution in [0, 0.1) is 0 Å². The molecule has 0 fully saturated rings. The second kappa shape index (κ2) is 9.64. The average Bonchev–Trinajstić information content (AvgIpc) is 3.10. The van der Waals surface area contributed by atoms with Crippen LogP contribution in [-0.4, -0.2) is 15.7 Å². The summed E-state index contributed by atoms with van der Waals surface area (Å²) in [6.45, 7) is 8.00. The zero-order valence-corrected chi connectivity index (χ0v) is 13.2. The van der Waals surface area contributed by atoms with Crippen molar-refractivity contribution in [2.75, 3.05) is 0 Å². The van der Waals surface area contributed by atoms with E-state index in [1.165, 1.54) is 0 Å². The molecule has 0 aromatic carbocycles. The highest BCUT2D eigenvalue weighted by Crippen LogP contribution is 2.27. The van der Waals surface area contributed by atoms with Gasteiger partial charge in [-0.05, 0) is 24.3 Å². The lowest BCUT2D eigenvalue weighted by Gasteiger charge is -2.05. The number of oxime groups is 1. The van der Waals surface area contributed by atoms with Crippen LogP contribution in [0.2, 0.25) is 0 Å². The van der Waals surface area contributed by atoms with E-state index in [-0.39, 0.29) is 6.10 Å². The van der Waals surface area contributed by atoms with Gasteiger partial charge in [0.05, 0.1) is 11.4 Å². The first-order valence-electron chi connectivity index (χ1n) is 7.47. The molecule has 3 heterocycles. The van der Waals surface area contributed by atoms with E-state index in [0.717, 1.165) is 23.4 Å². The maximum Gasteiger partial charge on any atom is 0.174 e. The molecule has 1 aliphatic rings. The van der Waals surface area contributed by atoms with E-state index >= 15 is 0 Å². The largest absolute Gasteiger partial charge is 0.385 e. The Morgan fingerprint density at radius 3 is 2.43 bits per heavy atom. The minimum atomic E-state index is -0.0774. The van der Waals surface area contributed by atoms with Crippen LogP contribution in [0.1, 0.15) is 51.5 Å². The molecule has 4 nitrogen and oxygen atoms in total. The van der Waals surface area contributed by atoms with Crippen molar-refractivity contribution in [3.8, 4) is 0 Å². The molecule has 1 unspecified atom stereocenters. The molecule has 0 aliphatic carbocycles. The number of pyridine rings is 2. The Morgan fingerprint density at radius 1 is 1.00 bits per heavy atom. The number of aromatic nitrogens is 2. The smallest absolute Gasteiger partial charge is 0.174 e. The van der Waals surface area contributed by atoms with Gasteiger partial charge in [0.25, 0.3) is 0 Å². The standard InChI is InChI=1S/C13H11N3O.2C2H6/c1-2-7-15-11(5-1)13-8-12(16-17-13)10-4-3-6-14-9-10;2*1-2/h1-7,9,13H,8H2;2*1-2H3. The minimum absolute atomic E-state index is 0.0774. The first kappa shape index (κ1) is 16.8. The SMILES string of the molecule is CC.CC.c1ccc(C2CC(c3cccnc3)=NO2)nc1. The molecular weight excluding hydrogens is 262 g/mol. The molecule has 0 saturated carbocycles. The normalized spacial score (nSPS) is 15.6. The molecule has 0 spiro atoms. The van der Waals surface area contributed by atoms with Gasteiger partial charge in [-0.3, -0.25) is 9.97 Å². The molecule has 1 atom stereocenters. The van der Waals surface area contributed by atoms with Gasteiger partial charge in [0, 0.05) is 30.6 Å². The summed E-state index contributed by atoms with van der Waals surface area (Å²) in [4.78, 5) is 13.8. The van der Waals surface area contributed by atoms with E-state index in [2.05, 4.69) is 15.1 Å². The van der Waals surface area contributed by atoms with Crippen molar-refractivity contribution in [1.82, 2.24) is 9.97 Å². The van der Waals surface area contributed by atoms with E-state index in [1.807, 2.05) is 58.0 Å². The van der Waals surface area contributed by atoms with Crippen LogP contribution in [0.4, 0.5) is 0 Å². The van der Waals surface area contributed by atoms with Crippen molar-refractivity contribution >= 4 is 5.71 Å². The molecule has 0 radical (unpaired) electrons. The summed E-state index contributed by atoms with van der Waals surface area (Å²) in [6.07, 6.45) is 5.97. The number of rotatable bonds is 2. The molecule has 2 aromatic heterocycles. The monoisotopic (exact) mass is 285 g/mol. The van der Waals surface area contributed by atoms with Crippen molar-refractivity contribution in [3.63, 3.8) is 0 Å². The number of hydrogen-bond donors (Lipinski definition) is 0. The molecule has 1 aliphatic heterocycles. The highest BCUT2D eigenvalue weighted by atomic mass is 16.6. The highest BCUT2D eigenvalue weighted by Gasteiger charge is 2.24. The molecule has 21 heavy (non-hydrogen) atoms. The summed E-state index contributed by atoms with van der Waals surface area (Å²) >= 11 is 0. The van der Waals surface area contributed by atoms with Crippen LogP contribution in [0.25, 0.3) is 0 Å². The Bertz CT molecular complexity index is 526. The van der Waals surface area contributed by atoms with Gasteiger partial charge in [-0.25, -0.2) is 0 Å². The Hall–Kier alpha value is -2.23. The summed E-state index contributed by atoms with van der Waals surface area (Å²) in [5, 5.41) is 4.10. The first-order valence-corrected chi connectivity index (χ1v) is 7.47. The molecule has 0 bridgehead atoms. The minimum Gasteiger partial charge on any atom is -0.385 e. The summed E-state index contributed by atoms with van der Waals surface area (Å²) in [6, 6.07) is 9.67. The zero-order chi connectivity index (χ0) is 15.5. The molecule has 4 heteroatoms. The molecule has 0 N–H and O–H groups in total. The fourth-order valence-corrected chi connectivity index (χ4v) is 1.81. The fourth-order valence-electron chi connectivity index (χ4n) is 1.81. The van der Waals surface area contributed by atoms with Crippen molar-refractivity contribution < 1.29 is 4.84 Å². The van der Waals surface area contributed by atoms with Gasteiger partial charge in [0.2, 0.25) is 0 Å². The van der Waals surface area contributed by atoms with E-state index in [0.29, 0.717) is 0 Å². The van der Waals surface area contributed by atoms with E-state index in [9.17, 15) is 0 Å². The molecule has 3 rings (SSSR count). The maximum absolute atomic E-state index is 5.40. The summed E-state index contributed by atoms with van der Waals surface area (Å²) < 4.78 is 0. The van der Waals surface area contributed by atoms with Crippen LogP contribution in [0.3, 0.4) is 0 Å². The van der Waals surface area contributed by atoms with Crippen LogP contribution in [-0.2, 0) is 4.84 Å². The maximum atomic E-state index is 5.40. The number of nitrogens with zero attached hydrogens (tertiary/aromatic N) is 3. The zero-order valence-electron chi connectivity index (χ0n) is 13.2. The van der Waals surface area contributed by atoms with Crippen molar-refractivity contribution in [1.29, 1.82) is 0 Å². The van der Waals surface area contributed by atoms with Gasteiger partial charge in [-0.2, -0.15) is 0 Å². The lowest BCUT2D eigenvalue weighted by atomic mass is 10.0. The van der Waals surface area contributed by atoms with E-state index < -0.39 is 0 Å². The Morgan fingerprint density at radius 2 is 1.81 bits per heavy atom. The van der Waals surface area contributed by atoms with Gasteiger partial charge < -0.3 is 4.84 Å². The quantitative estimate of drug-likeness (QED) is 0.822. The second-order valence-corrected chi connectivity index (χ2v) is 3.83. The van der Waals surface area contributed by atoms with Gasteiger partial charge in [0.1, 0.15) is 0 Å². The Balaban J connectivity index is 0.000000510. The number of hydrogen-bond acceptors (Lipinski definition) is 4. The van der Waals surface area contributed by atoms with Crippen LogP contribution >= 0.6 is 0 Å². The van der Waals surface area contributed by atoms with Crippen LogP contribution < -0.4 is 0 Å². The van der Waals surface area contributed by atoms with Crippen LogP contribution in [0.15, 0.2) is 54.1 Å². The summed E-state index contributed by atoms with van der Waals surface area (Å²) in [5.41, 5.74) is 2.84. The average molecular weight is 285 g/mol. The second-order valence-electron chi connectivity index (χ2n) is 3.83. The van der Waals surface area contributed by atoms with Crippen LogP contribution in [0.5, 0.6) is 0 Å². The molecule has 112 valence electrons. The van der Waals surface area contributed by atoms with Crippen molar-refractivity contribution in [2.45, 2.75) is 40.2 Å². The third-order valence-corrected chi connectivity index (χ3v) is 2.68. The van der Waals surface area contributed by atoms with Gasteiger partial charge >= 0.3 is 0 Å². The molecule has 0 amide bonds. The first-order chi connectivity index (χ1) is 10.4. The predicted molar refractivity (Wildman–Crippen MR) is 86.2 cm³/mol. The molecule has 0 saturated heterocycles. The highest BCUT2D eigenvalue weighted by molar-refractivity contribution is 6.00. The van der Waals surface area contributed by atoms with Crippen molar-refractivity contribution in [2.24, 2.45) is 5.16 Å². The lowest BCUT2D eigenvalue weighted by molar-refractivity contribution is 0.0826. The van der Waals surface area contributed by atoms with E-state index in [4.69, 9.17) is 4.84 Å². The predicted octanol–water partition coefficient (Wildman–Crippen LogP) is 4.39. The fraction of sp³-hybridized carbons (Fsp3) is 0.353. The topological polar surface area (TPSA) is 47.4 Å². The molecular formula is C17H23N3O. The summed E-state index contributed by atoms with van der Waals surface area (Å²) in [5.74, 6) is 0. The lowest BCUT2D eigenvalue weighted by Crippen LogP contribution is -2.03. The Labute approximate surface area is 126 Å². The summed E-state index contributed by atoms with van der Waals surface area (Å²) in [7, 11) is 0. The third-order valence-electron chi connectivity index (χ3n) is 2.68. The van der Waals surface area contributed by atoms with Crippen molar-refractivity contribution in [3.05, 3.63) is 60.2 Å². The van der Waals surface area contributed by atoms with Gasteiger partial charge in [-0.1, -0.05) is 38.9 Å². The van der Waals surface area contributed by atoms with Gasteiger partial charge in [0.15, 0.2) is 6.10 Å². The molecule has 2 aromatic rings. The Kier molecular flexibility index (Phi) is 7.72. The van der Waals surface area contributed by atoms with E-state index in [1.54, 1.807) is 18.6 Å². The third kappa shape index (κ3) is 4.67. The van der Waals surface area contributed by atoms with Gasteiger partial charge in [-0.15, -0.1) is 0 Å².